The lowest BCUT2D eigenvalue weighted by Gasteiger charge is -2.34. The minimum atomic E-state index is -0.470. The quantitative estimate of drug-likeness (QED) is 0.384. The van der Waals surface area contributed by atoms with Gasteiger partial charge in [0, 0.05) is 25.6 Å². The number of hydrazine groups is 1. The monoisotopic (exact) mass is 375 g/mol. The Morgan fingerprint density at radius 1 is 1.30 bits per heavy atom. The van der Waals surface area contributed by atoms with Crippen molar-refractivity contribution in [2.24, 2.45) is 0 Å². The highest BCUT2D eigenvalue weighted by molar-refractivity contribution is 5.52. The summed E-state index contributed by atoms with van der Waals surface area (Å²) in [4.78, 5) is 11.2. The standard InChI is InChI=1S/C21H33N3O3/c1-2-3-13-23-24-14-11-18(15-19(24)16-25)22-12-7-8-20(26)17-27-21-9-5-4-6-10-21/h4-6,9-10,18,20,22-23,26H,2-3,7-8,11-15,17H2,1H3. The van der Waals surface area contributed by atoms with E-state index in [2.05, 4.69) is 23.6 Å². The summed E-state index contributed by atoms with van der Waals surface area (Å²) in [6, 6.07) is 9.83. The average Bonchev–Trinajstić information content (AvgIpc) is 2.71. The summed E-state index contributed by atoms with van der Waals surface area (Å²) in [6.07, 6.45) is 5.00. The SMILES string of the molecule is CCCCNN1CCC(NCCCC(O)COc2ccccc2)CC1=C=O. The molecule has 0 bridgehead atoms. The molecule has 1 aromatic rings. The van der Waals surface area contributed by atoms with E-state index in [-0.39, 0.29) is 0 Å². The number of aliphatic hydroxyl groups is 1. The van der Waals surface area contributed by atoms with Gasteiger partial charge in [0.25, 0.3) is 0 Å². The Kier molecular flexibility index (Phi) is 9.95. The summed E-state index contributed by atoms with van der Waals surface area (Å²) in [5.74, 6) is 2.87. The fraction of sp³-hybridized carbons (Fsp3) is 0.619. The number of rotatable bonds is 12. The first-order valence-corrected chi connectivity index (χ1v) is 10.1. The lowest BCUT2D eigenvalue weighted by Crippen LogP contribution is -2.47. The number of ether oxygens (including phenoxy) is 1. The van der Waals surface area contributed by atoms with E-state index in [4.69, 9.17) is 4.74 Å². The van der Waals surface area contributed by atoms with Crippen molar-refractivity contribution in [3.05, 3.63) is 36.0 Å². The van der Waals surface area contributed by atoms with Crippen LogP contribution in [0.1, 0.15) is 45.4 Å². The van der Waals surface area contributed by atoms with Crippen LogP contribution in [-0.2, 0) is 4.79 Å². The van der Waals surface area contributed by atoms with Gasteiger partial charge in [-0.05, 0) is 44.4 Å². The van der Waals surface area contributed by atoms with E-state index in [0.29, 0.717) is 31.2 Å². The van der Waals surface area contributed by atoms with E-state index in [1.54, 1.807) is 0 Å². The van der Waals surface area contributed by atoms with Crippen molar-refractivity contribution in [3.8, 4) is 5.75 Å². The van der Waals surface area contributed by atoms with E-state index >= 15 is 0 Å². The van der Waals surface area contributed by atoms with Crippen molar-refractivity contribution in [1.29, 1.82) is 0 Å². The number of nitrogens with zero attached hydrogens (tertiary/aromatic N) is 1. The fourth-order valence-corrected chi connectivity index (χ4v) is 3.14. The summed E-state index contributed by atoms with van der Waals surface area (Å²) in [7, 11) is 0. The predicted octanol–water partition coefficient (Wildman–Crippen LogP) is 2.28. The van der Waals surface area contributed by atoms with Gasteiger partial charge in [-0.1, -0.05) is 31.5 Å². The van der Waals surface area contributed by atoms with Gasteiger partial charge >= 0.3 is 0 Å². The van der Waals surface area contributed by atoms with Gasteiger partial charge in [-0.3, -0.25) is 0 Å². The summed E-state index contributed by atoms with van der Waals surface area (Å²) >= 11 is 0. The number of carbonyl (C=O) groups excluding carboxylic acids is 1. The molecule has 3 N–H and O–H groups in total. The van der Waals surface area contributed by atoms with Crippen LogP contribution in [0.4, 0.5) is 0 Å². The number of hydrogen-bond donors (Lipinski definition) is 3. The minimum Gasteiger partial charge on any atom is -0.491 e. The number of piperidine rings is 1. The van der Waals surface area contributed by atoms with Gasteiger partial charge in [0.1, 0.15) is 24.0 Å². The highest BCUT2D eigenvalue weighted by Crippen LogP contribution is 2.17. The van der Waals surface area contributed by atoms with Crippen molar-refractivity contribution >= 4 is 5.94 Å². The molecule has 0 spiro atoms. The van der Waals surface area contributed by atoms with Crippen LogP contribution in [-0.4, -0.2) is 54.4 Å². The summed E-state index contributed by atoms with van der Waals surface area (Å²) < 4.78 is 5.57. The molecule has 1 aliphatic heterocycles. The lowest BCUT2D eigenvalue weighted by atomic mass is 10.0. The third-order valence-electron chi connectivity index (χ3n) is 4.75. The molecule has 2 rings (SSSR count). The van der Waals surface area contributed by atoms with Gasteiger partial charge < -0.3 is 20.2 Å². The maximum atomic E-state index is 11.2. The maximum absolute atomic E-state index is 11.2. The smallest absolute Gasteiger partial charge is 0.147 e. The van der Waals surface area contributed by atoms with Crippen LogP contribution >= 0.6 is 0 Å². The van der Waals surface area contributed by atoms with E-state index in [1.165, 1.54) is 0 Å². The molecule has 0 amide bonds. The topological polar surface area (TPSA) is 73.8 Å². The molecular weight excluding hydrogens is 342 g/mol. The number of benzene rings is 1. The van der Waals surface area contributed by atoms with Gasteiger partial charge in [-0.2, -0.15) is 0 Å². The molecule has 27 heavy (non-hydrogen) atoms. The first kappa shape index (κ1) is 21.5. The largest absolute Gasteiger partial charge is 0.491 e. The molecule has 6 heteroatoms. The molecule has 0 saturated carbocycles. The number of nitrogens with one attached hydrogen (secondary N) is 2. The van der Waals surface area contributed by atoms with Gasteiger partial charge in [-0.25, -0.2) is 10.2 Å². The molecule has 1 fully saturated rings. The van der Waals surface area contributed by atoms with Crippen LogP contribution in [0.25, 0.3) is 0 Å². The summed E-state index contributed by atoms with van der Waals surface area (Å²) in [5.41, 5.74) is 4.01. The Morgan fingerprint density at radius 2 is 2.11 bits per heavy atom. The molecule has 6 nitrogen and oxygen atoms in total. The third-order valence-corrected chi connectivity index (χ3v) is 4.75. The Morgan fingerprint density at radius 3 is 2.85 bits per heavy atom. The predicted molar refractivity (Wildman–Crippen MR) is 107 cm³/mol. The number of hydrogen-bond acceptors (Lipinski definition) is 6. The number of unbranched alkanes of at least 4 members (excludes halogenated alkanes) is 1. The Labute approximate surface area is 162 Å². The van der Waals surface area contributed by atoms with Crippen LogP contribution in [0.5, 0.6) is 5.75 Å². The van der Waals surface area contributed by atoms with Crippen LogP contribution < -0.4 is 15.5 Å². The van der Waals surface area contributed by atoms with Gasteiger partial charge in [0.05, 0.1) is 6.10 Å². The lowest BCUT2D eigenvalue weighted by molar-refractivity contribution is 0.0976. The molecular formula is C21H33N3O3. The maximum Gasteiger partial charge on any atom is 0.147 e. The number of aliphatic hydroxyl groups excluding tert-OH is 1. The van der Waals surface area contributed by atoms with Crippen LogP contribution in [0.2, 0.25) is 0 Å². The normalized spacial score (nSPS) is 18.2. The van der Waals surface area contributed by atoms with Gasteiger partial charge in [0.2, 0.25) is 0 Å². The van der Waals surface area contributed by atoms with Crippen LogP contribution in [0, 0.1) is 0 Å². The molecule has 0 aliphatic carbocycles. The molecule has 1 aliphatic rings. The molecule has 1 saturated heterocycles. The van der Waals surface area contributed by atoms with Gasteiger partial charge in [0.15, 0.2) is 0 Å². The average molecular weight is 376 g/mol. The van der Waals surface area contributed by atoms with Crippen molar-refractivity contribution in [2.75, 3.05) is 26.2 Å². The molecule has 1 heterocycles. The first-order chi connectivity index (χ1) is 13.2. The molecule has 1 aromatic carbocycles. The van der Waals surface area contributed by atoms with E-state index in [0.717, 1.165) is 51.1 Å². The van der Waals surface area contributed by atoms with Gasteiger partial charge in [-0.15, -0.1) is 0 Å². The number of para-hydroxylation sites is 1. The molecule has 2 atom stereocenters. The first-order valence-electron chi connectivity index (χ1n) is 10.1. The second kappa shape index (κ2) is 12.5. The van der Waals surface area contributed by atoms with E-state index < -0.39 is 6.10 Å². The third kappa shape index (κ3) is 8.14. The van der Waals surface area contributed by atoms with Crippen LogP contribution in [0.3, 0.4) is 0 Å². The zero-order valence-corrected chi connectivity index (χ0v) is 16.3. The van der Waals surface area contributed by atoms with Crippen molar-refractivity contribution in [3.63, 3.8) is 0 Å². The molecule has 150 valence electrons. The molecule has 0 radical (unpaired) electrons. The minimum absolute atomic E-state index is 0.295. The van der Waals surface area contributed by atoms with E-state index in [1.807, 2.05) is 35.3 Å². The zero-order valence-electron chi connectivity index (χ0n) is 16.3. The summed E-state index contributed by atoms with van der Waals surface area (Å²) in [6.45, 7) is 4.99. The highest BCUT2D eigenvalue weighted by atomic mass is 16.5. The Hall–Kier alpha value is -1.85. The second-order valence-electron chi connectivity index (χ2n) is 7.03. The van der Waals surface area contributed by atoms with Crippen molar-refractivity contribution in [2.45, 2.75) is 57.6 Å². The van der Waals surface area contributed by atoms with Crippen molar-refractivity contribution < 1.29 is 14.6 Å². The molecule has 0 aromatic heterocycles. The Balaban J connectivity index is 1.58. The van der Waals surface area contributed by atoms with Crippen LogP contribution in [0.15, 0.2) is 36.0 Å². The Bertz CT molecular complexity index is 575. The second-order valence-corrected chi connectivity index (χ2v) is 7.03. The molecule has 2 unspecified atom stereocenters. The van der Waals surface area contributed by atoms with E-state index in [9.17, 15) is 9.90 Å². The highest BCUT2D eigenvalue weighted by Gasteiger charge is 2.23. The zero-order chi connectivity index (χ0) is 19.3. The van der Waals surface area contributed by atoms with Crippen molar-refractivity contribution in [1.82, 2.24) is 15.8 Å². The summed E-state index contributed by atoms with van der Waals surface area (Å²) in [5, 5.41) is 15.5. The fourth-order valence-electron chi connectivity index (χ4n) is 3.14.